The number of nitrogens with zero attached hydrogens (tertiary/aromatic N) is 4. The molecule has 0 unspecified atom stereocenters. The van der Waals surface area contributed by atoms with Crippen LogP contribution in [-0.4, -0.2) is 27.6 Å². The Balaban J connectivity index is 1.67. The third-order valence-electron chi connectivity index (χ3n) is 4.75. The van der Waals surface area contributed by atoms with Crippen molar-refractivity contribution >= 4 is 17.1 Å². The van der Waals surface area contributed by atoms with Crippen LogP contribution in [0.4, 0.5) is 6.01 Å². The Morgan fingerprint density at radius 2 is 1.92 bits per heavy atom. The van der Waals surface area contributed by atoms with Gasteiger partial charge in [-0.15, -0.1) is 0 Å². The number of hydrogen-bond donors (Lipinski definition) is 0. The van der Waals surface area contributed by atoms with E-state index in [0.29, 0.717) is 19.0 Å². The molecule has 4 rings (SSSR count). The number of aromatic nitrogens is 3. The summed E-state index contributed by atoms with van der Waals surface area (Å²) in [6.45, 7) is 5.37. The molecule has 0 radical (unpaired) electrons. The number of hydrogen-bond acceptors (Lipinski definition) is 5. The van der Waals surface area contributed by atoms with Crippen molar-refractivity contribution in [2.45, 2.75) is 26.7 Å². The number of benzene rings is 1. The molecule has 124 valence electrons. The van der Waals surface area contributed by atoms with Crippen LogP contribution in [0.2, 0.25) is 0 Å². The molecule has 6 heteroatoms. The average molecular weight is 324 g/mol. The van der Waals surface area contributed by atoms with Gasteiger partial charge in [0.2, 0.25) is 0 Å². The zero-order valence-corrected chi connectivity index (χ0v) is 14.2. The lowest BCUT2D eigenvalue weighted by Gasteiger charge is -2.16. The lowest BCUT2D eigenvalue weighted by atomic mass is 10.1. The number of anilines is 1. The van der Waals surface area contributed by atoms with Crippen LogP contribution in [-0.2, 0) is 19.9 Å². The predicted molar refractivity (Wildman–Crippen MR) is 92.6 cm³/mol. The summed E-state index contributed by atoms with van der Waals surface area (Å²) in [5.41, 5.74) is 4.61. The third-order valence-corrected chi connectivity index (χ3v) is 4.75. The van der Waals surface area contributed by atoms with E-state index in [1.807, 2.05) is 32.0 Å². The molecule has 0 spiro atoms. The first-order valence-electron chi connectivity index (χ1n) is 8.20. The molecule has 0 atom stereocenters. The molecule has 1 aromatic carbocycles. The van der Waals surface area contributed by atoms with E-state index >= 15 is 0 Å². The first kappa shape index (κ1) is 14.9. The maximum absolute atomic E-state index is 12.5. The minimum atomic E-state index is 0.0625. The quantitative estimate of drug-likeness (QED) is 0.686. The summed E-state index contributed by atoms with van der Waals surface area (Å²) in [5, 5.41) is 0. The lowest BCUT2D eigenvalue weighted by molar-refractivity contribution is 0.568. The van der Waals surface area contributed by atoms with Crippen LogP contribution in [0.3, 0.4) is 0 Å². The zero-order chi connectivity index (χ0) is 16.8. The maximum Gasteiger partial charge on any atom is 0.298 e. The molecule has 0 fully saturated rings. The SMILES string of the molecule is Cc1ccc2oc(N3CCc4nc(C)n(C)c(=O)c4CC3)nc2c1. The number of fused-ring (bicyclic) bond motifs is 2. The van der Waals surface area contributed by atoms with Crippen molar-refractivity contribution in [1.82, 2.24) is 14.5 Å². The van der Waals surface area contributed by atoms with Gasteiger partial charge in [-0.1, -0.05) is 6.07 Å². The van der Waals surface area contributed by atoms with Gasteiger partial charge in [0.25, 0.3) is 11.6 Å². The van der Waals surface area contributed by atoms with Crippen molar-refractivity contribution in [2.75, 3.05) is 18.0 Å². The molecule has 24 heavy (non-hydrogen) atoms. The maximum atomic E-state index is 12.5. The van der Waals surface area contributed by atoms with Gasteiger partial charge >= 0.3 is 0 Å². The topological polar surface area (TPSA) is 64.2 Å². The third kappa shape index (κ3) is 2.38. The Labute approximate surface area is 139 Å². The zero-order valence-electron chi connectivity index (χ0n) is 14.2. The van der Waals surface area contributed by atoms with Gasteiger partial charge in [0.15, 0.2) is 5.58 Å². The van der Waals surface area contributed by atoms with Crippen LogP contribution in [0.15, 0.2) is 27.4 Å². The minimum Gasteiger partial charge on any atom is -0.423 e. The van der Waals surface area contributed by atoms with Crippen molar-refractivity contribution in [3.63, 3.8) is 0 Å². The molecule has 3 heterocycles. The van der Waals surface area contributed by atoms with Gasteiger partial charge in [0.05, 0.1) is 5.69 Å². The molecular formula is C18H20N4O2. The van der Waals surface area contributed by atoms with Crippen molar-refractivity contribution in [3.8, 4) is 0 Å². The first-order chi connectivity index (χ1) is 11.5. The van der Waals surface area contributed by atoms with Gasteiger partial charge in [0, 0.05) is 32.1 Å². The molecule has 3 aromatic rings. The van der Waals surface area contributed by atoms with E-state index in [1.54, 1.807) is 11.6 Å². The van der Waals surface area contributed by atoms with Gasteiger partial charge in [-0.25, -0.2) is 4.98 Å². The van der Waals surface area contributed by atoms with E-state index in [2.05, 4.69) is 14.9 Å². The highest BCUT2D eigenvalue weighted by atomic mass is 16.4. The van der Waals surface area contributed by atoms with Crippen LogP contribution < -0.4 is 10.5 Å². The molecule has 0 amide bonds. The molecule has 1 aliphatic rings. The highest BCUT2D eigenvalue weighted by molar-refractivity contribution is 5.75. The number of rotatable bonds is 1. The normalized spacial score (nSPS) is 14.7. The van der Waals surface area contributed by atoms with Crippen LogP contribution in [0.1, 0.15) is 22.6 Å². The van der Waals surface area contributed by atoms with Crippen molar-refractivity contribution < 1.29 is 4.42 Å². The molecule has 1 aliphatic heterocycles. The Hall–Kier alpha value is -2.63. The Morgan fingerprint density at radius 1 is 1.12 bits per heavy atom. The van der Waals surface area contributed by atoms with Crippen LogP contribution >= 0.6 is 0 Å². The van der Waals surface area contributed by atoms with E-state index in [1.165, 1.54) is 0 Å². The largest absolute Gasteiger partial charge is 0.423 e. The average Bonchev–Trinajstić information content (AvgIpc) is 2.85. The van der Waals surface area contributed by atoms with E-state index in [4.69, 9.17) is 4.42 Å². The Kier molecular flexibility index (Phi) is 3.40. The van der Waals surface area contributed by atoms with Gasteiger partial charge in [-0.3, -0.25) is 9.36 Å². The standard InChI is InChI=1S/C18H20N4O2/c1-11-4-5-16-15(10-11)20-18(24-16)22-8-6-13-14(7-9-22)19-12(2)21(3)17(13)23/h4-5,10H,6-9H2,1-3H3. The summed E-state index contributed by atoms with van der Waals surface area (Å²) in [4.78, 5) is 23.8. The molecular weight excluding hydrogens is 304 g/mol. The van der Waals surface area contributed by atoms with Crippen LogP contribution in [0, 0.1) is 13.8 Å². The first-order valence-corrected chi connectivity index (χ1v) is 8.20. The lowest BCUT2D eigenvalue weighted by Crippen LogP contribution is -2.28. The van der Waals surface area contributed by atoms with E-state index in [9.17, 15) is 4.79 Å². The van der Waals surface area contributed by atoms with Gasteiger partial charge in [-0.05, 0) is 38.0 Å². The molecule has 2 aromatic heterocycles. The highest BCUT2D eigenvalue weighted by Gasteiger charge is 2.22. The summed E-state index contributed by atoms with van der Waals surface area (Å²) in [5.74, 6) is 0.754. The fraction of sp³-hybridized carbons (Fsp3) is 0.389. The second-order valence-electron chi connectivity index (χ2n) is 6.40. The molecule has 0 saturated heterocycles. The van der Waals surface area contributed by atoms with Gasteiger partial charge in [0.1, 0.15) is 11.3 Å². The van der Waals surface area contributed by atoms with Crippen molar-refractivity contribution in [1.29, 1.82) is 0 Å². The summed E-state index contributed by atoms with van der Waals surface area (Å²) < 4.78 is 7.53. The fourth-order valence-electron chi connectivity index (χ4n) is 3.22. The Bertz CT molecular complexity index is 987. The van der Waals surface area contributed by atoms with Gasteiger partial charge < -0.3 is 9.32 Å². The second-order valence-corrected chi connectivity index (χ2v) is 6.40. The predicted octanol–water partition coefficient (Wildman–Crippen LogP) is 2.14. The highest BCUT2D eigenvalue weighted by Crippen LogP contribution is 2.24. The fourth-order valence-corrected chi connectivity index (χ4v) is 3.22. The van der Waals surface area contributed by atoms with Crippen molar-refractivity contribution in [2.24, 2.45) is 7.05 Å². The summed E-state index contributed by atoms with van der Waals surface area (Å²) >= 11 is 0. The molecule has 0 saturated carbocycles. The summed E-state index contributed by atoms with van der Waals surface area (Å²) in [6, 6.07) is 6.62. The summed E-state index contributed by atoms with van der Waals surface area (Å²) in [6.07, 6.45) is 1.39. The monoisotopic (exact) mass is 324 g/mol. The molecule has 0 aliphatic carbocycles. The van der Waals surface area contributed by atoms with Gasteiger partial charge in [-0.2, -0.15) is 4.98 Å². The van der Waals surface area contributed by atoms with E-state index in [0.717, 1.165) is 46.7 Å². The number of aryl methyl sites for hydroxylation is 2. The van der Waals surface area contributed by atoms with Crippen LogP contribution in [0.5, 0.6) is 0 Å². The Morgan fingerprint density at radius 3 is 2.75 bits per heavy atom. The molecule has 6 nitrogen and oxygen atoms in total. The smallest absolute Gasteiger partial charge is 0.298 e. The molecule has 0 bridgehead atoms. The van der Waals surface area contributed by atoms with E-state index in [-0.39, 0.29) is 5.56 Å². The summed E-state index contributed by atoms with van der Waals surface area (Å²) in [7, 11) is 1.77. The van der Waals surface area contributed by atoms with E-state index < -0.39 is 0 Å². The van der Waals surface area contributed by atoms with Crippen molar-refractivity contribution in [3.05, 3.63) is 51.2 Å². The van der Waals surface area contributed by atoms with Crippen LogP contribution in [0.25, 0.3) is 11.1 Å². The minimum absolute atomic E-state index is 0.0625. The molecule has 0 N–H and O–H groups in total. The second kappa shape index (κ2) is 5.47. The number of oxazole rings is 1.